The first-order valence-corrected chi connectivity index (χ1v) is 9.67. The fourth-order valence-corrected chi connectivity index (χ4v) is 3.78. The Hall–Kier alpha value is -2.74. The maximum absolute atomic E-state index is 12.3. The second-order valence-electron chi connectivity index (χ2n) is 9.09. The highest BCUT2D eigenvalue weighted by atomic mass is 16.8. The normalized spacial score (nSPS) is 30.2. The predicted molar refractivity (Wildman–Crippen MR) is 104 cm³/mol. The number of carbonyl (C=O) groups excluding carboxylic acids is 1. The first-order chi connectivity index (χ1) is 14.0. The van der Waals surface area contributed by atoms with Crippen molar-refractivity contribution >= 4 is 17.3 Å². The number of ether oxygens (including phenoxy) is 4. The van der Waals surface area contributed by atoms with Crippen LogP contribution in [0, 0.1) is 16.7 Å². The van der Waals surface area contributed by atoms with E-state index < -0.39 is 41.1 Å². The number of hydrogen-bond donors (Lipinski definition) is 1. The molecule has 2 N–H and O–H groups in total. The van der Waals surface area contributed by atoms with Crippen molar-refractivity contribution in [3.63, 3.8) is 0 Å². The Balaban J connectivity index is 1.72. The third-order valence-corrected chi connectivity index (χ3v) is 5.25. The zero-order valence-corrected chi connectivity index (χ0v) is 17.6. The molecule has 10 nitrogen and oxygen atoms in total. The molecule has 0 spiro atoms. The highest BCUT2D eigenvalue weighted by Crippen LogP contribution is 2.50. The predicted octanol–water partition coefficient (Wildman–Crippen LogP) is 1.75. The Kier molecular flexibility index (Phi) is 4.54. The molecule has 2 fully saturated rings. The number of aromatic nitrogens is 3. The van der Waals surface area contributed by atoms with Gasteiger partial charge < -0.3 is 24.7 Å². The largest absolute Gasteiger partial charge is 0.461 e. The highest BCUT2D eigenvalue weighted by Gasteiger charge is 2.65. The zero-order chi connectivity index (χ0) is 21.9. The Morgan fingerprint density at radius 1 is 1.33 bits per heavy atom. The van der Waals surface area contributed by atoms with Crippen LogP contribution in [0.3, 0.4) is 0 Å². The van der Waals surface area contributed by atoms with Gasteiger partial charge in [0, 0.05) is 0 Å². The fourth-order valence-electron chi connectivity index (χ4n) is 3.78. The van der Waals surface area contributed by atoms with Gasteiger partial charge >= 0.3 is 5.97 Å². The smallest absolute Gasteiger partial charge is 0.311 e. The summed E-state index contributed by atoms with van der Waals surface area (Å²) in [5.74, 6) is -1.05. The molecule has 2 aromatic heterocycles. The lowest BCUT2D eigenvalue weighted by atomic mass is 9.95. The number of nitrogens with zero attached hydrogens (tertiary/aromatic N) is 4. The molecule has 0 radical (unpaired) electrons. The number of hydrogen-bond acceptors (Lipinski definition) is 9. The second-order valence-corrected chi connectivity index (χ2v) is 9.09. The van der Waals surface area contributed by atoms with Crippen LogP contribution in [-0.4, -0.2) is 50.8 Å². The van der Waals surface area contributed by atoms with Gasteiger partial charge in [0.05, 0.1) is 11.1 Å². The molecule has 4 heterocycles. The molecule has 2 aromatic rings. The molecule has 0 saturated carbocycles. The maximum Gasteiger partial charge on any atom is 0.311 e. The van der Waals surface area contributed by atoms with Crippen molar-refractivity contribution in [1.82, 2.24) is 14.6 Å². The number of carbonyl (C=O) groups is 1. The topological polar surface area (TPSA) is 134 Å². The first-order valence-electron chi connectivity index (χ1n) is 9.67. The molecule has 0 aliphatic carbocycles. The summed E-state index contributed by atoms with van der Waals surface area (Å²) >= 11 is 0. The van der Waals surface area contributed by atoms with E-state index in [1.54, 1.807) is 51.3 Å². The van der Waals surface area contributed by atoms with Crippen LogP contribution in [0.2, 0.25) is 0 Å². The molecule has 10 heteroatoms. The Labute approximate surface area is 173 Å². The van der Waals surface area contributed by atoms with Gasteiger partial charge in [0.25, 0.3) is 0 Å². The van der Waals surface area contributed by atoms with Crippen molar-refractivity contribution in [2.75, 3.05) is 12.3 Å². The average Bonchev–Trinajstić information content (AvgIpc) is 3.30. The summed E-state index contributed by atoms with van der Waals surface area (Å²) in [6, 6.07) is 5.74. The molecule has 0 bridgehead atoms. The Bertz CT molecular complexity index is 1040. The van der Waals surface area contributed by atoms with Crippen molar-refractivity contribution in [2.45, 2.75) is 64.3 Å². The van der Waals surface area contributed by atoms with Crippen LogP contribution in [0.1, 0.15) is 46.4 Å². The van der Waals surface area contributed by atoms with E-state index in [0.29, 0.717) is 17.0 Å². The third kappa shape index (κ3) is 3.19. The van der Waals surface area contributed by atoms with Crippen LogP contribution >= 0.6 is 0 Å². The van der Waals surface area contributed by atoms with E-state index >= 15 is 0 Å². The quantitative estimate of drug-likeness (QED) is 0.744. The minimum atomic E-state index is -1.53. The minimum absolute atomic E-state index is 0.281. The van der Waals surface area contributed by atoms with E-state index in [4.69, 9.17) is 24.7 Å². The minimum Gasteiger partial charge on any atom is -0.461 e. The van der Waals surface area contributed by atoms with Crippen LogP contribution in [0.15, 0.2) is 18.5 Å². The van der Waals surface area contributed by atoms with Crippen molar-refractivity contribution in [2.24, 2.45) is 5.41 Å². The third-order valence-electron chi connectivity index (χ3n) is 5.25. The molecule has 0 unspecified atom stereocenters. The monoisotopic (exact) mass is 415 g/mol. The van der Waals surface area contributed by atoms with Gasteiger partial charge in [-0.25, -0.2) is 9.50 Å². The van der Waals surface area contributed by atoms with Crippen molar-refractivity contribution in [1.29, 1.82) is 5.26 Å². The summed E-state index contributed by atoms with van der Waals surface area (Å²) in [6.07, 6.45) is -0.722. The highest BCUT2D eigenvalue weighted by molar-refractivity contribution is 5.75. The molecule has 2 aliphatic rings. The van der Waals surface area contributed by atoms with Gasteiger partial charge in [-0.15, -0.1) is 0 Å². The maximum atomic E-state index is 12.3. The number of rotatable bonds is 3. The Morgan fingerprint density at radius 3 is 2.73 bits per heavy atom. The van der Waals surface area contributed by atoms with E-state index in [2.05, 4.69) is 16.2 Å². The van der Waals surface area contributed by atoms with Gasteiger partial charge in [-0.3, -0.25) is 4.79 Å². The lowest BCUT2D eigenvalue weighted by molar-refractivity contribution is -0.209. The molecule has 160 valence electrons. The summed E-state index contributed by atoms with van der Waals surface area (Å²) < 4.78 is 25.4. The summed E-state index contributed by atoms with van der Waals surface area (Å²) in [4.78, 5) is 16.3. The molecule has 2 saturated heterocycles. The van der Waals surface area contributed by atoms with Gasteiger partial charge in [-0.05, 0) is 46.8 Å². The van der Waals surface area contributed by atoms with E-state index in [1.165, 1.54) is 6.33 Å². The van der Waals surface area contributed by atoms with Gasteiger partial charge in [0.15, 0.2) is 11.6 Å². The first kappa shape index (κ1) is 20.5. The van der Waals surface area contributed by atoms with E-state index in [0.717, 1.165) is 0 Å². The summed E-state index contributed by atoms with van der Waals surface area (Å²) in [5, 5.41) is 14.3. The molecular formula is C20H25N5O5. The lowest BCUT2D eigenvalue weighted by Gasteiger charge is -2.29. The fraction of sp³-hybridized carbons (Fsp3) is 0.600. The van der Waals surface area contributed by atoms with Crippen molar-refractivity contribution < 1.29 is 23.7 Å². The number of nitriles is 1. The summed E-state index contributed by atoms with van der Waals surface area (Å²) in [7, 11) is 0. The van der Waals surface area contributed by atoms with Crippen LogP contribution in [0.4, 0.5) is 5.82 Å². The number of fused-ring (bicyclic) bond motifs is 2. The molecule has 30 heavy (non-hydrogen) atoms. The standard InChI is InChI=1S/C20H25N5O5/c1-18(2,3)17(26)27-9-20(8-21)15-14(28-19(4,5)30-15)13(29-20)11-6-7-12-16(22)23-10-24-25(11)12/h6-7,10,13-15H,9H2,1-5H3,(H2,22,23,24)/t13-,14-,15-,20+/m0/s1. The van der Waals surface area contributed by atoms with Crippen LogP contribution in [0.5, 0.6) is 0 Å². The average molecular weight is 415 g/mol. The molecular weight excluding hydrogens is 390 g/mol. The molecule has 4 atom stereocenters. The van der Waals surface area contributed by atoms with Crippen LogP contribution in [-0.2, 0) is 23.7 Å². The van der Waals surface area contributed by atoms with Crippen molar-refractivity contribution in [3.05, 3.63) is 24.2 Å². The lowest BCUT2D eigenvalue weighted by Crippen LogP contribution is -2.47. The molecule has 4 rings (SSSR count). The number of anilines is 1. The zero-order valence-electron chi connectivity index (χ0n) is 17.6. The molecule has 0 amide bonds. The second kappa shape index (κ2) is 6.63. The van der Waals surface area contributed by atoms with Gasteiger partial charge in [0.2, 0.25) is 5.60 Å². The summed E-state index contributed by atoms with van der Waals surface area (Å²) in [5.41, 5.74) is 4.93. The number of nitrogens with two attached hydrogens (primary N) is 1. The van der Waals surface area contributed by atoms with E-state index in [1.807, 2.05) is 0 Å². The molecule has 0 aromatic carbocycles. The summed E-state index contributed by atoms with van der Waals surface area (Å²) in [6.45, 7) is 8.47. The molecule has 2 aliphatic heterocycles. The Morgan fingerprint density at radius 2 is 2.07 bits per heavy atom. The number of nitrogen functional groups attached to an aromatic ring is 1. The van der Waals surface area contributed by atoms with Gasteiger partial charge in [-0.1, -0.05) is 0 Å². The van der Waals surface area contributed by atoms with Crippen LogP contribution in [0.25, 0.3) is 5.52 Å². The van der Waals surface area contributed by atoms with Gasteiger partial charge in [0.1, 0.15) is 42.8 Å². The van der Waals surface area contributed by atoms with E-state index in [9.17, 15) is 10.1 Å². The number of esters is 1. The van der Waals surface area contributed by atoms with Crippen molar-refractivity contribution in [3.8, 4) is 6.07 Å². The van der Waals surface area contributed by atoms with E-state index in [-0.39, 0.29) is 6.61 Å². The SMILES string of the molecule is CC1(C)O[C@H]2[C@H](c3ccc4c(N)ncnn34)O[C@](C#N)(COC(=O)C(C)(C)C)[C@H]2O1. The van der Waals surface area contributed by atoms with Gasteiger partial charge in [-0.2, -0.15) is 10.4 Å². The van der Waals surface area contributed by atoms with Crippen LogP contribution < -0.4 is 5.73 Å².